The van der Waals surface area contributed by atoms with Gasteiger partial charge in [-0.2, -0.15) is 0 Å². The smallest absolute Gasteiger partial charge is 0.166 e. The summed E-state index contributed by atoms with van der Waals surface area (Å²) in [5.74, 6) is 0.317. The van der Waals surface area contributed by atoms with Crippen LogP contribution >= 0.6 is 27.5 Å². The van der Waals surface area contributed by atoms with Crippen LogP contribution < -0.4 is 10.1 Å². The molecule has 0 heterocycles. The second-order valence-corrected chi connectivity index (χ2v) is 6.27. The van der Waals surface area contributed by atoms with Gasteiger partial charge in [0.1, 0.15) is 5.75 Å². The van der Waals surface area contributed by atoms with Crippen LogP contribution in [0.25, 0.3) is 0 Å². The Hall–Kier alpha value is -1.10. The fourth-order valence-corrected chi connectivity index (χ4v) is 2.50. The Morgan fingerprint density at radius 1 is 1.19 bits per heavy atom. The second-order valence-electron chi connectivity index (χ2n) is 4.98. The fourth-order valence-electron chi connectivity index (χ4n) is 1.74. The molecule has 1 N–H and O–H groups in total. The molecule has 2 rings (SSSR count). The molecule has 0 aliphatic rings. The monoisotopic (exact) mass is 371 g/mol. The van der Waals surface area contributed by atoms with Crippen LogP contribution in [-0.4, -0.2) is 6.04 Å². The van der Waals surface area contributed by atoms with Crippen molar-refractivity contribution in [3.63, 3.8) is 0 Å². The van der Waals surface area contributed by atoms with Gasteiger partial charge in [-0.3, -0.25) is 0 Å². The minimum absolute atomic E-state index is 0.186. The highest BCUT2D eigenvalue weighted by Gasteiger charge is 2.09. The minimum Gasteiger partial charge on any atom is -0.453 e. The van der Waals surface area contributed by atoms with E-state index in [1.54, 1.807) is 24.3 Å². The van der Waals surface area contributed by atoms with Gasteiger partial charge in [0, 0.05) is 17.6 Å². The molecule has 112 valence electrons. The molecule has 0 aromatic heterocycles. The first-order valence-electron chi connectivity index (χ1n) is 6.60. The SMILES string of the molecule is CC(C)NCc1ccc(Oc2ccc(Cl)cc2Br)c(F)c1. The predicted molar refractivity (Wildman–Crippen MR) is 87.6 cm³/mol. The minimum atomic E-state index is -0.389. The fraction of sp³-hybridized carbons (Fsp3) is 0.250. The Kier molecular flexibility index (Phi) is 5.62. The van der Waals surface area contributed by atoms with Gasteiger partial charge in [-0.1, -0.05) is 31.5 Å². The maximum atomic E-state index is 14.1. The summed E-state index contributed by atoms with van der Waals surface area (Å²) in [5.41, 5.74) is 0.878. The Morgan fingerprint density at radius 3 is 2.52 bits per heavy atom. The topological polar surface area (TPSA) is 21.3 Å². The van der Waals surface area contributed by atoms with Crippen molar-refractivity contribution in [1.29, 1.82) is 0 Å². The summed E-state index contributed by atoms with van der Waals surface area (Å²) in [5, 5.41) is 3.83. The van der Waals surface area contributed by atoms with Gasteiger partial charge in [-0.15, -0.1) is 0 Å². The van der Waals surface area contributed by atoms with Gasteiger partial charge >= 0.3 is 0 Å². The Morgan fingerprint density at radius 2 is 1.90 bits per heavy atom. The summed E-state index contributed by atoms with van der Waals surface area (Å²) in [4.78, 5) is 0. The first-order chi connectivity index (χ1) is 9.95. The highest BCUT2D eigenvalue weighted by molar-refractivity contribution is 9.10. The van der Waals surface area contributed by atoms with Gasteiger partial charge in [0.15, 0.2) is 11.6 Å². The first kappa shape index (κ1) is 16.3. The lowest BCUT2D eigenvalue weighted by Gasteiger charge is -2.11. The molecule has 0 atom stereocenters. The normalized spacial score (nSPS) is 11.0. The summed E-state index contributed by atoms with van der Waals surface area (Å²) < 4.78 is 20.3. The molecule has 0 unspecified atom stereocenters. The molecule has 0 fully saturated rings. The van der Waals surface area contributed by atoms with E-state index in [0.717, 1.165) is 5.56 Å². The maximum absolute atomic E-state index is 14.1. The molecule has 0 saturated carbocycles. The third kappa shape index (κ3) is 4.70. The molecule has 2 aromatic rings. The molecule has 0 spiro atoms. The zero-order valence-corrected chi connectivity index (χ0v) is 14.1. The standard InChI is InChI=1S/C16H16BrClFNO/c1-10(2)20-9-11-3-5-16(14(19)7-11)21-15-6-4-12(18)8-13(15)17/h3-8,10,20H,9H2,1-2H3. The van der Waals surface area contributed by atoms with Crippen molar-refractivity contribution in [2.24, 2.45) is 0 Å². The summed E-state index contributed by atoms with van der Waals surface area (Å²) in [7, 11) is 0. The van der Waals surface area contributed by atoms with Crippen LogP contribution in [0.1, 0.15) is 19.4 Å². The molecule has 2 nitrogen and oxygen atoms in total. The van der Waals surface area contributed by atoms with Gasteiger partial charge in [0.2, 0.25) is 0 Å². The van der Waals surface area contributed by atoms with E-state index in [4.69, 9.17) is 16.3 Å². The molecule has 0 radical (unpaired) electrons. The molecular weight excluding hydrogens is 357 g/mol. The van der Waals surface area contributed by atoms with Crippen molar-refractivity contribution in [3.8, 4) is 11.5 Å². The molecule has 0 saturated heterocycles. The predicted octanol–water partition coefficient (Wildman–Crippen LogP) is 5.53. The number of halogens is 3. The van der Waals surface area contributed by atoms with Crippen molar-refractivity contribution in [2.75, 3.05) is 0 Å². The molecule has 5 heteroatoms. The van der Waals surface area contributed by atoms with E-state index < -0.39 is 0 Å². The van der Waals surface area contributed by atoms with Crippen molar-refractivity contribution in [1.82, 2.24) is 5.32 Å². The van der Waals surface area contributed by atoms with Gasteiger partial charge < -0.3 is 10.1 Å². The lowest BCUT2D eigenvalue weighted by atomic mass is 10.2. The van der Waals surface area contributed by atoms with Crippen LogP contribution in [0.2, 0.25) is 5.02 Å². The number of ether oxygens (including phenoxy) is 1. The molecule has 0 aliphatic carbocycles. The third-order valence-corrected chi connectivity index (χ3v) is 3.68. The van der Waals surface area contributed by atoms with Crippen molar-refractivity contribution in [3.05, 3.63) is 57.3 Å². The summed E-state index contributed by atoms with van der Waals surface area (Å²) in [6.07, 6.45) is 0. The van der Waals surface area contributed by atoms with Crippen molar-refractivity contribution >= 4 is 27.5 Å². The van der Waals surface area contributed by atoms with E-state index in [1.165, 1.54) is 6.07 Å². The number of nitrogens with one attached hydrogen (secondary N) is 1. The highest BCUT2D eigenvalue weighted by Crippen LogP contribution is 2.33. The highest BCUT2D eigenvalue weighted by atomic mass is 79.9. The Balaban J connectivity index is 2.13. The summed E-state index contributed by atoms with van der Waals surface area (Å²) in [6.45, 7) is 4.72. The van der Waals surface area contributed by atoms with Crippen LogP contribution in [0, 0.1) is 5.82 Å². The zero-order chi connectivity index (χ0) is 15.4. The van der Waals surface area contributed by atoms with Gasteiger partial charge in [0.25, 0.3) is 0 Å². The first-order valence-corrected chi connectivity index (χ1v) is 7.77. The average Bonchev–Trinajstić information content (AvgIpc) is 2.42. The summed E-state index contributed by atoms with van der Waals surface area (Å²) in [6, 6.07) is 10.4. The number of benzene rings is 2. The Bertz CT molecular complexity index is 634. The molecule has 2 aromatic carbocycles. The van der Waals surface area contributed by atoms with E-state index in [1.807, 2.05) is 19.9 Å². The van der Waals surface area contributed by atoms with E-state index in [-0.39, 0.29) is 11.6 Å². The number of hydrogen-bond acceptors (Lipinski definition) is 2. The van der Waals surface area contributed by atoms with Crippen LogP contribution in [0.15, 0.2) is 40.9 Å². The van der Waals surface area contributed by atoms with E-state index in [2.05, 4.69) is 21.2 Å². The number of hydrogen-bond donors (Lipinski definition) is 1. The molecular formula is C16H16BrClFNO. The van der Waals surface area contributed by atoms with Crippen LogP contribution in [0.5, 0.6) is 11.5 Å². The van der Waals surface area contributed by atoms with Gasteiger partial charge in [0.05, 0.1) is 4.47 Å². The van der Waals surface area contributed by atoms with Crippen LogP contribution in [0.4, 0.5) is 4.39 Å². The maximum Gasteiger partial charge on any atom is 0.166 e. The molecule has 0 bridgehead atoms. The van der Waals surface area contributed by atoms with Crippen molar-refractivity contribution < 1.29 is 9.13 Å². The molecule has 0 aliphatic heterocycles. The molecule has 0 amide bonds. The summed E-state index contributed by atoms with van der Waals surface area (Å²) >= 11 is 9.21. The zero-order valence-electron chi connectivity index (χ0n) is 11.8. The average molecular weight is 373 g/mol. The van der Waals surface area contributed by atoms with Crippen LogP contribution in [0.3, 0.4) is 0 Å². The van der Waals surface area contributed by atoms with Crippen molar-refractivity contribution in [2.45, 2.75) is 26.4 Å². The lowest BCUT2D eigenvalue weighted by molar-refractivity contribution is 0.439. The second kappa shape index (κ2) is 7.25. The Labute approximate surface area is 137 Å². The quantitative estimate of drug-likeness (QED) is 0.745. The third-order valence-electron chi connectivity index (χ3n) is 2.82. The van der Waals surface area contributed by atoms with Gasteiger partial charge in [-0.25, -0.2) is 4.39 Å². The lowest BCUT2D eigenvalue weighted by Crippen LogP contribution is -2.21. The van der Waals surface area contributed by atoms with Crippen LogP contribution in [-0.2, 0) is 6.54 Å². The van der Waals surface area contributed by atoms with E-state index >= 15 is 0 Å². The largest absolute Gasteiger partial charge is 0.453 e. The molecule has 21 heavy (non-hydrogen) atoms. The van der Waals surface area contributed by atoms with E-state index in [9.17, 15) is 4.39 Å². The van der Waals surface area contributed by atoms with E-state index in [0.29, 0.717) is 27.8 Å². The number of rotatable bonds is 5. The van der Waals surface area contributed by atoms with Gasteiger partial charge in [-0.05, 0) is 51.8 Å².